The first-order valence-electron chi connectivity index (χ1n) is 7.36. The summed E-state index contributed by atoms with van der Waals surface area (Å²) < 4.78 is 13.3. The van der Waals surface area contributed by atoms with Crippen LogP contribution in [-0.4, -0.2) is 37.0 Å². The molecule has 1 aromatic rings. The summed E-state index contributed by atoms with van der Waals surface area (Å²) in [5.41, 5.74) is 1.55. The number of aryl methyl sites for hydroxylation is 1. The predicted octanol–water partition coefficient (Wildman–Crippen LogP) is 2.35. The highest BCUT2D eigenvalue weighted by Gasteiger charge is 2.38. The Balaban J connectivity index is 1.68. The molecule has 3 nitrogen and oxygen atoms in total. The number of nitrogens with one attached hydrogen (secondary N) is 1. The van der Waals surface area contributed by atoms with Crippen LogP contribution in [0.15, 0.2) is 18.2 Å². The minimum absolute atomic E-state index is 0.0360. The zero-order valence-electron chi connectivity index (χ0n) is 11.9. The minimum atomic E-state index is -0.254. The second kappa shape index (κ2) is 5.17. The highest BCUT2D eigenvalue weighted by Crippen LogP contribution is 2.37. The van der Waals surface area contributed by atoms with Crippen LogP contribution in [0.1, 0.15) is 35.2 Å². The van der Waals surface area contributed by atoms with Crippen molar-refractivity contribution >= 4 is 5.91 Å². The zero-order chi connectivity index (χ0) is 14.2. The first-order chi connectivity index (χ1) is 9.60. The highest BCUT2D eigenvalue weighted by atomic mass is 19.1. The molecule has 1 N–H and O–H groups in total. The quantitative estimate of drug-likeness (QED) is 0.854. The molecule has 1 amide bonds. The van der Waals surface area contributed by atoms with E-state index in [0.717, 1.165) is 39.0 Å². The number of carbonyl (C=O) groups excluding carboxylic acids is 1. The first-order valence-corrected chi connectivity index (χ1v) is 7.36. The van der Waals surface area contributed by atoms with E-state index in [1.807, 2.05) is 4.90 Å². The Morgan fingerprint density at radius 3 is 2.65 bits per heavy atom. The van der Waals surface area contributed by atoms with E-state index >= 15 is 0 Å². The molecule has 108 valence electrons. The SMILES string of the molecule is Cc1cc(C(=O)N2CCC3(CCNC3)CC2)ccc1F. The molecule has 2 saturated heterocycles. The fraction of sp³-hybridized carbons (Fsp3) is 0.562. The van der Waals surface area contributed by atoms with Crippen LogP contribution in [0.3, 0.4) is 0 Å². The van der Waals surface area contributed by atoms with Gasteiger partial charge in [0.05, 0.1) is 0 Å². The fourth-order valence-corrected chi connectivity index (χ4v) is 3.37. The average molecular weight is 276 g/mol. The molecular weight excluding hydrogens is 255 g/mol. The van der Waals surface area contributed by atoms with Gasteiger partial charge in [-0.15, -0.1) is 0 Å². The Bertz CT molecular complexity index is 513. The number of likely N-dealkylation sites (tertiary alicyclic amines) is 1. The summed E-state index contributed by atoms with van der Waals surface area (Å²) >= 11 is 0. The molecule has 4 heteroatoms. The smallest absolute Gasteiger partial charge is 0.253 e. The Morgan fingerprint density at radius 1 is 1.30 bits per heavy atom. The van der Waals surface area contributed by atoms with Crippen LogP contribution in [-0.2, 0) is 0 Å². The second-order valence-corrected chi connectivity index (χ2v) is 6.18. The van der Waals surface area contributed by atoms with Gasteiger partial charge in [0.2, 0.25) is 0 Å². The maximum atomic E-state index is 13.3. The predicted molar refractivity (Wildman–Crippen MR) is 76.2 cm³/mol. The van der Waals surface area contributed by atoms with E-state index in [2.05, 4.69) is 5.32 Å². The minimum Gasteiger partial charge on any atom is -0.339 e. The second-order valence-electron chi connectivity index (χ2n) is 6.18. The van der Waals surface area contributed by atoms with Crippen LogP contribution in [0, 0.1) is 18.2 Å². The Kier molecular flexibility index (Phi) is 3.50. The number of benzene rings is 1. The van der Waals surface area contributed by atoms with Crippen molar-refractivity contribution in [3.63, 3.8) is 0 Å². The van der Waals surface area contributed by atoms with Gasteiger partial charge in [0.1, 0.15) is 5.82 Å². The summed E-state index contributed by atoms with van der Waals surface area (Å²) in [6.07, 6.45) is 3.38. The fourth-order valence-electron chi connectivity index (χ4n) is 3.37. The van der Waals surface area contributed by atoms with Crippen molar-refractivity contribution in [2.24, 2.45) is 5.41 Å². The topological polar surface area (TPSA) is 32.3 Å². The number of halogens is 1. The van der Waals surface area contributed by atoms with Gasteiger partial charge in [-0.3, -0.25) is 4.79 Å². The van der Waals surface area contributed by atoms with Crippen molar-refractivity contribution < 1.29 is 9.18 Å². The lowest BCUT2D eigenvalue weighted by atomic mass is 9.78. The largest absolute Gasteiger partial charge is 0.339 e. The lowest BCUT2D eigenvalue weighted by molar-refractivity contribution is 0.0607. The van der Waals surface area contributed by atoms with E-state index in [1.165, 1.54) is 12.5 Å². The number of rotatable bonds is 1. The van der Waals surface area contributed by atoms with Gasteiger partial charge in [-0.1, -0.05) is 0 Å². The van der Waals surface area contributed by atoms with Gasteiger partial charge < -0.3 is 10.2 Å². The van der Waals surface area contributed by atoms with Crippen molar-refractivity contribution in [2.75, 3.05) is 26.2 Å². The maximum absolute atomic E-state index is 13.3. The average Bonchev–Trinajstić information content (AvgIpc) is 2.90. The van der Waals surface area contributed by atoms with Gasteiger partial charge in [0, 0.05) is 25.2 Å². The van der Waals surface area contributed by atoms with Crippen molar-refractivity contribution in [1.29, 1.82) is 0 Å². The normalized spacial score (nSPS) is 21.4. The third-order valence-electron chi connectivity index (χ3n) is 4.85. The molecule has 2 aliphatic heterocycles. The van der Waals surface area contributed by atoms with E-state index in [4.69, 9.17) is 0 Å². The molecule has 2 aliphatic rings. The third kappa shape index (κ3) is 2.44. The van der Waals surface area contributed by atoms with Crippen LogP contribution in [0.2, 0.25) is 0 Å². The van der Waals surface area contributed by atoms with E-state index in [1.54, 1.807) is 19.1 Å². The molecule has 1 spiro atoms. The van der Waals surface area contributed by atoms with Gasteiger partial charge in [-0.2, -0.15) is 0 Å². The van der Waals surface area contributed by atoms with Crippen LogP contribution in [0.25, 0.3) is 0 Å². The highest BCUT2D eigenvalue weighted by molar-refractivity contribution is 5.94. The lowest BCUT2D eigenvalue weighted by Gasteiger charge is -2.39. The van der Waals surface area contributed by atoms with Crippen LogP contribution in [0.4, 0.5) is 4.39 Å². The van der Waals surface area contributed by atoms with Crippen LogP contribution < -0.4 is 5.32 Å². The monoisotopic (exact) mass is 276 g/mol. The molecule has 0 saturated carbocycles. The zero-order valence-corrected chi connectivity index (χ0v) is 11.9. The number of hydrogen-bond acceptors (Lipinski definition) is 2. The maximum Gasteiger partial charge on any atom is 0.253 e. The molecule has 0 aromatic heterocycles. The summed E-state index contributed by atoms with van der Waals surface area (Å²) in [7, 11) is 0. The Morgan fingerprint density at radius 2 is 2.05 bits per heavy atom. The van der Waals surface area contributed by atoms with Gasteiger partial charge >= 0.3 is 0 Å². The third-order valence-corrected chi connectivity index (χ3v) is 4.85. The molecule has 2 heterocycles. The number of carbonyl (C=O) groups is 1. The number of nitrogens with zero attached hydrogens (tertiary/aromatic N) is 1. The molecule has 0 aliphatic carbocycles. The molecule has 1 aromatic carbocycles. The van der Waals surface area contributed by atoms with Crippen molar-refractivity contribution in [2.45, 2.75) is 26.2 Å². The number of amides is 1. The van der Waals surface area contributed by atoms with Crippen LogP contribution in [0.5, 0.6) is 0 Å². The number of hydrogen-bond donors (Lipinski definition) is 1. The molecule has 20 heavy (non-hydrogen) atoms. The van der Waals surface area contributed by atoms with E-state index in [-0.39, 0.29) is 11.7 Å². The number of piperidine rings is 1. The van der Waals surface area contributed by atoms with Crippen molar-refractivity contribution in [3.05, 3.63) is 35.1 Å². The summed E-state index contributed by atoms with van der Waals surface area (Å²) in [5, 5.41) is 3.43. The van der Waals surface area contributed by atoms with Gasteiger partial charge in [0.15, 0.2) is 0 Å². The van der Waals surface area contributed by atoms with E-state index in [9.17, 15) is 9.18 Å². The van der Waals surface area contributed by atoms with Gasteiger partial charge in [-0.25, -0.2) is 4.39 Å². The molecule has 0 unspecified atom stereocenters. The van der Waals surface area contributed by atoms with E-state index < -0.39 is 0 Å². The van der Waals surface area contributed by atoms with Gasteiger partial charge in [0.25, 0.3) is 5.91 Å². The molecule has 2 fully saturated rings. The molecule has 0 atom stereocenters. The first kappa shape index (κ1) is 13.6. The van der Waals surface area contributed by atoms with Crippen molar-refractivity contribution in [1.82, 2.24) is 10.2 Å². The molecule has 3 rings (SSSR count). The Labute approximate surface area is 119 Å². The lowest BCUT2D eigenvalue weighted by Crippen LogP contribution is -2.44. The summed E-state index contributed by atoms with van der Waals surface area (Å²) in [5.74, 6) is -0.218. The Hall–Kier alpha value is -1.42. The molecular formula is C16H21FN2O. The summed E-state index contributed by atoms with van der Waals surface area (Å²) in [4.78, 5) is 14.4. The standard InChI is InChI=1S/C16H21FN2O/c1-12-10-13(2-3-14(12)17)15(20)19-8-5-16(6-9-19)4-7-18-11-16/h2-3,10,18H,4-9,11H2,1H3. The summed E-state index contributed by atoms with van der Waals surface area (Å²) in [6, 6.07) is 4.63. The van der Waals surface area contributed by atoms with Crippen molar-refractivity contribution in [3.8, 4) is 0 Å². The summed E-state index contributed by atoms with van der Waals surface area (Å²) in [6.45, 7) is 5.52. The molecule has 0 radical (unpaired) electrons. The molecule has 0 bridgehead atoms. The van der Waals surface area contributed by atoms with Crippen LogP contribution >= 0.6 is 0 Å². The van der Waals surface area contributed by atoms with Gasteiger partial charge in [-0.05, 0) is 61.9 Å². The van der Waals surface area contributed by atoms with E-state index in [0.29, 0.717) is 16.5 Å².